The highest BCUT2D eigenvalue weighted by Gasteiger charge is 2.07. The lowest BCUT2D eigenvalue weighted by atomic mass is 10.1. The second-order valence-electron chi connectivity index (χ2n) is 3.05. The minimum Gasteiger partial charge on any atom is -0.253 e. The molecule has 0 unspecified atom stereocenters. The van der Waals surface area contributed by atoms with E-state index in [0.717, 1.165) is 11.1 Å². The Bertz CT molecular complexity index is 466. The fourth-order valence-electron chi connectivity index (χ4n) is 1.38. The standard InChI is InChI=1S/C10H9FN2/c1-6-5-8(11)7(2)10-9(6)12-3-4-13-10/h3-5H,1-2H3. The maximum Gasteiger partial charge on any atom is 0.128 e. The van der Waals surface area contributed by atoms with Crippen molar-refractivity contribution in [2.45, 2.75) is 13.8 Å². The number of halogens is 1. The third kappa shape index (κ3) is 1.16. The summed E-state index contributed by atoms with van der Waals surface area (Å²) in [5.74, 6) is -0.217. The Kier molecular flexibility index (Phi) is 1.72. The van der Waals surface area contributed by atoms with Gasteiger partial charge in [-0.05, 0) is 25.5 Å². The van der Waals surface area contributed by atoms with Crippen molar-refractivity contribution in [1.29, 1.82) is 0 Å². The first-order valence-electron chi connectivity index (χ1n) is 4.06. The van der Waals surface area contributed by atoms with Gasteiger partial charge in [0.25, 0.3) is 0 Å². The predicted molar refractivity (Wildman–Crippen MR) is 49.0 cm³/mol. The number of fused-ring (bicyclic) bond motifs is 1. The van der Waals surface area contributed by atoms with Crippen LogP contribution >= 0.6 is 0 Å². The molecule has 0 aliphatic heterocycles. The minimum absolute atomic E-state index is 0.217. The summed E-state index contributed by atoms with van der Waals surface area (Å²) in [5, 5.41) is 0. The number of rotatable bonds is 0. The monoisotopic (exact) mass is 176 g/mol. The van der Waals surface area contributed by atoms with E-state index in [0.29, 0.717) is 11.1 Å². The summed E-state index contributed by atoms with van der Waals surface area (Å²) >= 11 is 0. The average Bonchev–Trinajstić information content (AvgIpc) is 2.15. The smallest absolute Gasteiger partial charge is 0.128 e. The van der Waals surface area contributed by atoms with E-state index in [1.54, 1.807) is 19.3 Å². The maximum absolute atomic E-state index is 13.2. The van der Waals surface area contributed by atoms with Crippen LogP contribution < -0.4 is 0 Å². The maximum atomic E-state index is 13.2. The quantitative estimate of drug-likeness (QED) is 0.616. The van der Waals surface area contributed by atoms with Crippen molar-refractivity contribution in [3.8, 4) is 0 Å². The van der Waals surface area contributed by atoms with Gasteiger partial charge >= 0.3 is 0 Å². The Hall–Kier alpha value is -1.51. The third-order valence-corrected chi connectivity index (χ3v) is 2.13. The SMILES string of the molecule is Cc1cc(F)c(C)c2nccnc12. The Morgan fingerprint density at radius 1 is 1.08 bits per heavy atom. The lowest BCUT2D eigenvalue weighted by Crippen LogP contribution is -1.92. The highest BCUT2D eigenvalue weighted by molar-refractivity contribution is 5.80. The molecule has 0 bridgehead atoms. The van der Waals surface area contributed by atoms with Crippen molar-refractivity contribution in [2.24, 2.45) is 0 Å². The Morgan fingerprint density at radius 3 is 2.38 bits per heavy atom. The number of benzene rings is 1. The number of nitrogens with zero attached hydrogens (tertiary/aromatic N) is 2. The van der Waals surface area contributed by atoms with Crippen LogP contribution in [0.2, 0.25) is 0 Å². The molecule has 3 heteroatoms. The van der Waals surface area contributed by atoms with Crippen LogP contribution in [0, 0.1) is 19.7 Å². The van der Waals surface area contributed by atoms with Crippen LogP contribution in [0.15, 0.2) is 18.5 Å². The lowest BCUT2D eigenvalue weighted by Gasteiger charge is -2.03. The first-order valence-corrected chi connectivity index (χ1v) is 4.06. The zero-order valence-corrected chi connectivity index (χ0v) is 7.50. The molecule has 2 aromatic rings. The molecule has 1 aromatic carbocycles. The molecular weight excluding hydrogens is 167 g/mol. The van der Waals surface area contributed by atoms with Gasteiger partial charge in [0, 0.05) is 18.0 Å². The predicted octanol–water partition coefficient (Wildman–Crippen LogP) is 2.39. The summed E-state index contributed by atoms with van der Waals surface area (Å²) in [7, 11) is 0. The van der Waals surface area contributed by atoms with E-state index in [4.69, 9.17) is 0 Å². The molecule has 1 aromatic heterocycles. The van der Waals surface area contributed by atoms with Gasteiger partial charge in [0.05, 0.1) is 11.0 Å². The largest absolute Gasteiger partial charge is 0.253 e. The summed E-state index contributed by atoms with van der Waals surface area (Å²) in [6.07, 6.45) is 3.20. The summed E-state index contributed by atoms with van der Waals surface area (Å²) in [6.45, 7) is 3.55. The van der Waals surface area contributed by atoms with Gasteiger partial charge in [0.1, 0.15) is 5.82 Å². The fourth-order valence-corrected chi connectivity index (χ4v) is 1.38. The highest BCUT2D eigenvalue weighted by Crippen LogP contribution is 2.20. The molecule has 0 saturated carbocycles. The summed E-state index contributed by atoms with van der Waals surface area (Å²) in [5.41, 5.74) is 2.82. The van der Waals surface area contributed by atoms with Gasteiger partial charge in [-0.2, -0.15) is 0 Å². The molecule has 13 heavy (non-hydrogen) atoms. The van der Waals surface area contributed by atoms with Crippen LogP contribution in [-0.2, 0) is 0 Å². The molecule has 66 valence electrons. The van der Waals surface area contributed by atoms with Crippen LogP contribution in [-0.4, -0.2) is 9.97 Å². The molecule has 0 spiro atoms. The first kappa shape index (κ1) is 8.10. The first-order chi connectivity index (χ1) is 6.20. The molecule has 0 amide bonds. The topological polar surface area (TPSA) is 25.8 Å². The Morgan fingerprint density at radius 2 is 1.69 bits per heavy atom. The molecule has 0 aliphatic carbocycles. The molecule has 2 nitrogen and oxygen atoms in total. The second kappa shape index (κ2) is 2.76. The van der Waals surface area contributed by atoms with Crippen molar-refractivity contribution in [3.63, 3.8) is 0 Å². The van der Waals surface area contributed by atoms with Crippen molar-refractivity contribution >= 4 is 11.0 Å². The van der Waals surface area contributed by atoms with Gasteiger partial charge in [0.2, 0.25) is 0 Å². The average molecular weight is 176 g/mol. The molecule has 2 rings (SSSR count). The Labute approximate surface area is 75.4 Å². The molecule has 0 radical (unpaired) electrons. The fraction of sp³-hybridized carbons (Fsp3) is 0.200. The van der Waals surface area contributed by atoms with Gasteiger partial charge in [-0.1, -0.05) is 0 Å². The van der Waals surface area contributed by atoms with E-state index in [1.165, 1.54) is 6.07 Å². The summed E-state index contributed by atoms with van der Waals surface area (Å²) in [6, 6.07) is 1.49. The summed E-state index contributed by atoms with van der Waals surface area (Å²) in [4.78, 5) is 8.25. The second-order valence-corrected chi connectivity index (χ2v) is 3.05. The van der Waals surface area contributed by atoms with Gasteiger partial charge < -0.3 is 0 Å². The molecule has 0 N–H and O–H groups in total. The van der Waals surface area contributed by atoms with E-state index in [9.17, 15) is 4.39 Å². The normalized spacial score (nSPS) is 10.7. The Balaban J connectivity index is 2.97. The molecule has 1 heterocycles. The lowest BCUT2D eigenvalue weighted by molar-refractivity contribution is 0.619. The van der Waals surface area contributed by atoms with Crippen molar-refractivity contribution in [1.82, 2.24) is 9.97 Å². The van der Waals surface area contributed by atoms with E-state index >= 15 is 0 Å². The van der Waals surface area contributed by atoms with Crippen LogP contribution in [0.5, 0.6) is 0 Å². The zero-order valence-electron chi connectivity index (χ0n) is 7.50. The van der Waals surface area contributed by atoms with Gasteiger partial charge in [-0.3, -0.25) is 9.97 Å². The van der Waals surface area contributed by atoms with Crippen LogP contribution in [0.25, 0.3) is 11.0 Å². The van der Waals surface area contributed by atoms with Crippen LogP contribution in [0.1, 0.15) is 11.1 Å². The third-order valence-electron chi connectivity index (χ3n) is 2.13. The van der Waals surface area contributed by atoms with Gasteiger partial charge in [0.15, 0.2) is 0 Å². The highest BCUT2D eigenvalue weighted by atomic mass is 19.1. The molecule has 0 saturated heterocycles. The van der Waals surface area contributed by atoms with E-state index < -0.39 is 0 Å². The molecule has 0 fully saturated rings. The molecular formula is C10H9FN2. The van der Waals surface area contributed by atoms with Crippen molar-refractivity contribution < 1.29 is 4.39 Å². The number of hydrogen-bond donors (Lipinski definition) is 0. The van der Waals surface area contributed by atoms with Crippen molar-refractivity contribution in [3.05, 3.63) is 35.4 Å². The number of aryl methyl sites for hydroxylation is 2. The summed E-state index contributed by atoms with van der Waals surface area (Å²) < 4.78 is 13.2. The van der Waals surface area contributed by atoms with Gasteiger partial charge in [-0.25, -0.2) is 4.39 Å². The number of aromatic nitrogens is 2. The molecule has 0 atom stereocenters. The van der Waals surface area contributed by atoms with E-state index in [1.807, 2.05) is 6.92 Å². The van der Waals surface area contributed by atoms with Gasteiger partial charge in [-0.15, -0.1) is 0 Å². The minimum atomic E-state index is -0.217. The van der Waals surface area contributed by atoms with Crippen LogP contribution in [0.3, 0.4) is 0 Å². The zero-order chi connectivity index (χ0) is 9.42. The van der Waals surface area contributed by atoms with Crippen molar-refractivity contribution in [2.75, 3.05) is 0 Å². The van der Waals surface area contributed by atoms with E-state index in [2.05, 4.69) is 9.97 Å². The van der Waals surface area contributed by atoms with E-state index in [-0.39, 0.29) is 5.82 Å². The van der Waals surface area contributed by atoms with Crippen LogP contribution in [0.4, 0.5) is 4.39 Å². The number of hydrogen-bond acceptors (Lipinski definition) is 2. The molecule has 0 aliphatic rings.